The first-order valence-corrected chi connectivity index (χ1v) is 3.14. The molecule has 0 aromatic heterocycles. The van der Waals surface area contributed by atoms with E-state index in [1.54, 1.807) is 0 Å². The molecule has 4 heteroatoms. The zero-order valence-electron chi connectivity index (χ0n) is 5.60. The largest absolute Gasteiger partial charge is 0.396 e. The molecule has 0 aliphatic heterocycles. The molecule has 0 saturated carbocycles. The van der Waals surface area contributed by atoms with Crippen molar-refractivity contribution in [2.75, 3.05) is 6.61 Å². The third kappa shape index (κ3) is 3.55. The minimum absolute atomic E-state index is 0.0391. The first-order valence-electron chi connectivity index (χ1n) is 3.14. The Kier molecular flexibility index (Phi) is 5.10. The Labute approximate surface area is 59.1 Å². The van der Waals surface area contributed by atoms with Crippen molar-refractivity contribution in [3.8, 4) is 0 Å². The van der Waals surface area contributed by atoms with E-state index in [9.17, 15) is 4.79 Å². The van der Waals surface area contributed by atoms with E-state index in [-0.39, 0.29) is 19.3 Å². The van der Waals surface area contributed by atoms with Crippen LogP contribution in [0.1, 0.15) is 12.8 Å². The maximum atomic E-state index is 9.84. The SMILES string of the molecule is O=CC(O)C(O)CCCO. The number of aliphatic hydroxyl groups is 3. The predicted octanol–water partition coefficient (Wildman–Crippen LogP) is -1.32. The Hall–Kier alpha value is -0.450. The molecular weight excluding hydrogens is 136 g/mol. The van der Waals surface area contributed by atoms with Crippen LogP contribution in [0, 0.1) is 0 Å². The fourth-order valence-corrected chi connectivity index (χ4v) is 0.562. The zero-order chi connectivity index (χ0) is 7.98. The van der Waals surface area contributed by atoms with E-state index in [1.807, 2.05) is 0 Å². The van der Waals surface area contributed by atoms with Gasteiger partial charge in [-0.05, 0) is 12.8 Å². The summed E-state index contributed by atoms with van der Waals surface area (Å²) in [6, 6.07) is 0. The molecule has 3 N–H and O–H groups in total. The molecule has 60 valence electrons. The van der Waals surface area contributed by atoms with E-state index in [2.05, 4.69) is 0 Å². The maximum absolute atomic E-state index is 9.84. The van der Waals surface area contributed by atoms with Crippen molar-refractivity contribution in [3.05, 3.63) is 0 Å². The lowest BCUT2D eigenvalue weighted by Gasteiger charge is -2.10. The Bertz CT molecular complexity index is 93.7. The van der Waals surface area contributed by atoms with E-state index >= 15 is 0 Å². The number of hydrogen-bond acceptors (Lipinski definition) is 4. The second-order valence-electron chi connectivity index (χ2n) is 2.06. The van der Waals surface area contributed by atoms with Crippen LogP contribution in [-0.4, -0.2) is 40.4 Å². The van der Waals surface area contributed by atoms with Crippen LogP contribution in [0.3, 0.4) is 0 Å². The van der Waals surface area contributed by atoms with Crippen LogP contribution >= 0.6 is 0 Å². The second kappa shape index (κ2) is 5.34. The van der Waals surface area contributed by atoms with Gasteiger partial charge in [-0.25, -0.2) is 0 Å². The van der Waals surface area contributed by atoms with E-state index in [0.29, 0.717) is 6.42 Å². The molecule has 2 atom stereocenters. The van der Waals surface area contributed by atoms with Crippen LogP contribution in [0.5, 0.6) is 0 Å². The van der Waals surface area contributed by atoms with E-state index in [1.165, 1.54) is 0 Å². The highest BCUT2D eigenvalue weighted by molar-refractivity contribution is 5.56. The maximum Gasteiger partial charge on any atom is 0.151 e. The highest BCUT2D eigenvalue weighted by atomic mass is 16.3. The molecule has 0 aromatic rings. The van der Waals surface area contributed by atoms with Gasteiger partial charge in [-0.15, -0.1) is 0 Å². The van der Waals surface area contributed by atoms with Gasteiger partial charge in [-0.2, -0.15) is 0 Å². The van der Waals surface area contributed by atoms with Crippen LogP contribution in [0.15, 0.2) is 0 Å². The van der Waals surface area contributed by atoms with Crippen molar-refractivity contribution >= 4 is 6.29 Å². The van der Waals surface area contributed by atoms with Crippen molar-refractivity contribution in [2.45, 2.75) is 25.0 Å². The molecule has 0 spiro atoms. The summed E-state index contributed by atoms with van der Waals surface area (Å²) in [6.07, 6.45) is -1.43. The van der Waals surface area contributed by atoms with Gasteiger partial charge in [0.25, 0.3) is 0 Å². The number of carbonyl (C=O) groups is 1. The number of hydrogen-bond donors (Lipinski definition) is 3. The lowest BCUT2D eigenvalue weighted by Crippen LogP contribution is -2.27. The van der Waals surface area contributed by atoms with Crippen molar-refractivity contribution in [1.82, 2.24) is 0 Å². The summed E-state index contributed by atoms with van der Waals surface area (Å²) in [4.78, 5) is 9.84. The molecule has 0 rings (SSSR count). The van der Waals surface area contributed by atoms with E-state index in [4.69, 9.17) is 15.3 Å². The molecule has 0 fully saturated rings. The number of aldehydes is 1. The third-order valence-corrected chi connectivity index (χ3v) is 1.19. The van der Waals surface area contributed by atoms with Crippen LogP contribution in [0.4, 0.5) is 0 Å². The molecule has 0 heterocycles. The Morgan fingerprint density at radius 3 is 2.40 bits per heavy atom. The van der Waals surface area contributed by atoms with Gasteiger partial charge in [-0.1, -0.05) is 0 Å². The lowest BCUT2D eigenvalue weighted by molar-refractivity contribution is -0.120. The van der Waals surface area contributed by atoms with Gasteiger partial charge in [0.05, 0.1) is 6.10 Å². The van der Waals surface area contributed by atoms with Crippen molar-refractivity contribution in [2.24, 2.45) is 0 Å². The molecule has 2 unspecified atom stereocenters. The monoisotopic (exact) mass is 148 g/mol. The standard InChI is InChI=1S/C6H12O4/c7-3-1-2-5(9)6(10)4-8/h4-7,9-10H,1-3H2. The zero-order valence-corrected chi connectivity index (χ0v) is 5.60. The van der Waals surface area contributed by atoms with E-state index < -0.39 is 12.2 Å². The van der Waals surface area contributed by atoms with Crippen LogP contribution in [0.25, 0.3) is 0 Å². The molecule has 4 nitrogen and oxygen atoms in total. The third-order valence-electron chi connectivity index (χ3n) is 1.19. The molecule has 0 radical (unpaired) electrons. The fourth-order valence-electron chi connectivity index (χ4n) is 0.562. The summed E-state index contributed by atoms with van der Waals surface area (Å²) in [5.74, 6) is 0. The van der Waals surface area contributed by atoms with Crippen LogP contribution < -0.4 is 0 Å². The molecule has 0 aliphatic carbocycles. The molecular formula is C6H12O4. The van der Waals surface area contributed by atoms with E-state index in [0.717, 1.165) is 0 Å². The molecule has 0 amide bonds. The van der Waals surface area contributed by atoms with Crippen molar-refractivity contribution in [3.63, 3.8) is 0 Å². The fraction of sp³-hybridized carbons (Fsp3) is 0.833. The van der Waals surface area contributed by atoms with Gasteiger partial charge in [0.2, 0.25) is 0 Å². The predicted molar refractivity (Wildman–Crippen MR) is 34.4 cm³/mol. The summed E-state index contributed by atoms with van der Waals surface area (Å²) in [6.45, 7) is -0.0391. The second-order valence-corrected chi connectivity index (χ2v) is 2.06. The molecule has 10 heavy (non-hydrogen) atoms. The molecule has 0 saturated heterocycles. The van der Waals surface area contributed by atoms with Crippen LogP contribution in [0.2, 0.25) is 0 Å². The van der Waals surface area contributed by atoms with Crippen LogP contribution in [-0.2, 0) is 4.79 Å². The molecule has 0 bridgehead atoms. The first kappa shape index (κ1) is 9.55. The first-order chi connectivity index (χ1) is 4.72. The average Bonchev–Trinajstić information content (AvgIpc) is 1.98. The average molecular weight is 148 g/mol. The molecule has 0 aromatic carbocycles. The minimum Gasteiger partial charge on any atom is -0.396 e. The number of aliphatic hydroxyl groups excluding tert-OH is 3. The van der Waals surface area contributed by atoms with Gasteiger partial charge in [-0.3, -0.25) is 0 Å². The number of carbonyl (C=O) groups excluding carboxylic acids is 1. The van der Waals surface area contributed by atoms with Gasteiger partial charge in [0, 0.05) is 6.61 Å². The highest BCUT2D eigenvalue weighted by Gasteiger charge is 2.13. The van der Waals surface area contributed by atoms with Gasteiger partial charge in [0.15, 0.2) is 6.29 Å². The smallest absolute Gasteiger partial charge is 0.151 e. The molecule has 0 aliphatic rings. The summed E-state index contributed by atoms with van der Waals surface area (Å²) in [7, 11) is 0. The summed E-state index contributed by atoms with van der Waals surface area (Å²) < 4.78 is 0. The highest BCUT2D eigenvalue weighted by Crippen LogP contribution is 1.99. The summed E-state index contributed by atoms with van der Waals surface area (Å²) >= 11 is 0. The number of rotatable bonds is 5. The lowest BCUT2D eigenvalue weighted by atomic mass is 10.1. The summed E-state index contributed by atoms with van der Waals surface area (Å²) in [5, 5.41) is 25.8. The quantitative estimate of drug-likeness (QED) is 0.422. The van der Waals surface area contributed by atoms with Crippen molar-refractivity contribution < 1.29 is 20.1 Å². The Morgan fingerprint density at radius 2 is 2.00 bits per heavy atom. The Morgan fingerprint density at radius 1 is 1.40 bits per heavy atom. The van der Waals surface area contributed by atoms with Gasteiger partial charge >= 0.3 is 0 Å². The topological polar surface area (TPSA) is 77.8 Å². The van der Waals surface area contributed by atoms with Gasteiger partial charge < -0.3 is 20.1 Å². The normalized spacial score (nSPS) is 16.3. The van der Waals surface area contributed by atoms with Gasteiger partial charge in [0.1, 0.15) is 6.10 Å². The Balaban J connectivity index is 3.40. The van der Waals surface area contributed by atoms with Crippen molar-refractivity contribution in [1.29, 1.82) is 0 Å². The summed E-state index contributed by atoms with van der Waals surface area (Å²) in [5.41, 5.74) is 0. The minimum atomic E-state index is -1.31.